The van der Waals surface area contributed by atoms with Crippen LogP contribution in [0.2, 0.25) is 0 Å². The standard InChI is InChI=1S/C20H19N3S3/c1-12(2)13-7-9-14(10-8-13)15-11-25-19(21-15)23-20-22-18-16(24-3)5-4-6-17(18)26-20/h4-12H,1-3H3,(H,21,22,23). The monoisotopic (exact) mass is 397 g/mol. The molecule has 1 N–H and O–H groups in total. The zero-order valence-electron chi connectivity index (χ0n) is 14.8. The SMILES string of the molecule is CSc1cccc2sc(Nc3nc(-c4ccc(C(C)C)cc4)cs3)nc12. The molecule has 2 aromatic carbocycles. The van der Waals surface area contributed by atoms with Crippen LogP contribution in [0, 0.1) is 0 Å². The molecule has 0 aliphatic carbocycles. The molecule has 0 radical (unpaired) electrons. The number of nitrogens with zero attached hydrogens (tertiary/aromatic N) is 2. The topological polar surface area (TPSA) is 37.8 Å². The van der Waals surface area contributed by atoms with Crippen LogP contribution in [0.1, 0.15) is 25.3 Å². The summed E-state index contributed by atoms with van der Waals surface area (Å²) in [5.41, 5.74) is 4.56. The normalized spacial score (nSPS) is 11.4. The van der Waals surface area contributed by atoms with Gasteiger partial charge < -0.3 is 5.32 Å². The summed E-state index contributed by atoms with van der Waals surface area (Å²) in [5.74, 6) is 0.543. The zero-order valence-corrected chi connectivity index (χ0v) is 17.3. The molecule has 0 atom stereocenters. The molecule has 26 heavy (non-hydrogen) atoms. The molecular formula is C20H19N3S3. The van der Waals surface area contributed by atoms with Gasteiger partial charge in [0.2, 0.25) is 0 Å². The third kappa shape index (κ3) is 3.49. The van der Waals surface area contributed by atoms with Crippen LogP contribution in [0.5, 0.6) is 0 Å². The summed E-state index contributed by atoms with van der Waals surface area (Å²) in [6.45, 7) is 4.42. The van der Waals surface area contributed by atoms with Gasteiger partial charge in [0.25, 0.3) is 0 Å². The Balaban J connectivity index is 1.57. The van der Waals surface area contributed by atoms with Gasteiger partial charge in [-0.1, -0.05) is 55.5 Å². The highest BCUT2D eigenvalue weighted by Crippen LogP contribution is 2.35. The molecule has 0 saturated heterocycles. The summed E-state index contributed by atoms with van der Waals surface area (Å²) >= 11 is 5.00. The number of hydrogen-bond acceptors (Lipinski definition) is 6. The first kappa shape index (κ1) is 17.5. The van der Waals surface area contributed by atoms with E-state index in [0.29, 0.717) is 5.92 Å². The Morgan fingerprint density at radius 3 is 2.54 bits per heavy atom. The number of rotatable bonds is 5. The molecule has 0 bridgehead atoms. The summed E-state index contributed by atoms with van der Waals surface area (Å²) < 4.78 is 1.19. The number of anilines is 2. The predicted octanol–water partition coefficient (Wildman–Crippen LogP) is 7.01. The van der Waals surface area contributed by atoms with Gasteiger partial charge in [-0.15, -0.1) is 23.1 Å². The van der Waals surface area contributed by atoms with E-state index in [9.17, 15) is 0 Å². The van der Waals surface area contributed by atoms with Crippen LogP contribution in [-0.2, 0) is 0 Å². The first-order valence-electron chi connectivity index (χ1n) is 8.40. The van der Waals surface area contributed by atoms with Gasteiger partial charge in [0.15, 0.2) is 10.3 Å². The van der Waals surface area contributed by atoms with Gasteiger partial charge in [-0.3, -0.25) is 0 Å². The van der Waals surface area contributed by atoms with Gasteiger partial charge in [0.1, 0.15) is 0 Å². The molecule has 2 heterocycles. The molecule has 0 amide bonds. The molecule has 0 spiro atoms. The van der Waals surface area contributed by atoms with E-state index in [-0.39, 0.29) is 0 Å². The fourth-order valence-electron chi connectivity index (χ4n) is 2.74. The lowest BCUT2D eigenvalue weighted by atomic mass is 10.0. The minimum atomic E-state index is 0.543. The summed E-state index contributed by atoms with van der Waals surface area (Å²) in [7, 11) is 0. The van der Waals surface area contributed by atoms with Gasteiger partial charge in [-0.05, 0) is 29.9 Å². The van der Waals surface area contributed by atoms with E-state index < -0.39 is 0 Å². The summed E-state index contributed by atoms with van der Waals surface area (Å²) in [4.78, 5) is 10.7. The van der Waals surface area contributed by atoms with E-state index in [1.54, 1.807) is 34.4 Å². The second kappa shape index (κ2) is 7.39. The van der Waals surface area contributed by atoms with E-state index in [1.165, 1.54) is 15.2 Å². The van der Waals surface area contributed by atoms with Crippen molar-refractivity contribution in [3.05, 3.63) is 53.4 Å². The van der Waals surface area contributed by atoms with E-state index in [1.807, 2.05) is 0 Å². The molecular weight excluding hydrogens is 378 g/mol. The molecule has 4 aromatic rings. The largest absolute Gasteiger partial charge is 0.307 e. The van der Waals surface area contributed by atoms with Crippen molar-refractivity contribution >= 4 is 54.9 Å². The number of thiazole rings is 2. The van der Waals surface area contributed by atoms with Gasteiger partial charge >= 0.3 is 0 Å². The minimum absolute atomic E-state index is 0.543. The quantitative estimate of drug-likeness (QED) is 0.368. The summed E-state index contributed by atoms with van der Waals surface area (Å²) in [6, 6.07) is 15.0. The number of hydrogen-bond donors (Lipinski definition) is 1. The summed E-state index contributed by atoms with van der Waals surface area (Å²) in [6.07, 6.45) is 2.08. The molecule has 0 fully saturated rings. The van der Waals surface area contributed by atoms with Gasteiger partial charge in [0, 0.05) is 15.8 Å². The maximum Gasteiger partial charge on any atom is 0.190 e. The molecule has 4 rings (SSSR count). The van der Waals surface area contributed by atoms with Crippen molar-refractivity contribution in [3.63, 3.8) is 0 Å². The third-order valence-electron chi connectivity index (χ3n) is 4.19. The first-order valence-corrected chi connectivity index (χ1v) is 11.3. The van der Waals surface area contributed by atoms with E-state index in [4.69, 9.17) is 9.97 Å². The number of fused-ring (bicyclic) bond motifs is 1. The zero-order chi connectivity index (χ0) is 18.1. The minimum Gasteiger partial charge on any atom is -0.307 e. The third-order valence-corrected chi connectivity index (χ3v) is 6.66. The highest BCUT2D eigenvalue weighted by atomic mass is 32.2. The Labute approximate surface area is 165 Å². The van der Waals surface area contributed by atoms with Crippen molar-refractivity contribution in [2.75, 3.05) is 11.6 Å². The molecule has 0 aliphatic heterocycles. The van der Waals surface area contributed by atoms with Crippen LogP contribution >= 0.6 is 34.4 Å². The van der Waals surface area contributed by atoms with Crippen LogP contribution in [0.15, 0.2) is 52.7 Å². The van der Waals surface area contributed by atoms with Crippen LogP contribution in [0.3, 0.4) is 0 Å². The Bertz CT molecular complexity index is 1030. The van der Waals surface area contributed by atoms with Gasteiger partial charge in [0.05, 0.1) is 15.9 Å². The fourth-order valence-corrected chi connectivity index (χ4v) is 5.04. The van der Waals surface area contributed by atoms with E-state index in [2.05, 4.69) is 73.3 Å². The lowest BCUT2D eigenvalue weighted by molar-refractivity contribution is 0.867. The average molecular weight is 398 g/mol. The fraction of sp³-hybridized carbons (Fsp3) is 0.200. The highest BCUT2D eigenvalue weighted by molar-refractivity contribution is 7.98. The number of para-hydroxylation sites is 1. The van der Waals surface area contributed by atoms with E-state index >= 15 is 0 Å². The number of nitrogens with one attached hydrogen (secondary N) is 1. The molecule has 132 valence electrons. The number of benzene rings is 2. The van der Waals surface area contributed by atoms with Crippen molar-refractivity contribution in [2.24, 2.45) is 0 Å². The van der Waals surface area contributed by atoms with Crippen LogP contribution < -0.4 is 5.32 Å². The maximum atomic E-state index is 4.75. The Morgan fingerprint density at radius 1 is 1.00 bits per heavy atom. The number of thioether (sulfide) groups is 1. The van der Waals surface area contributed by atoms with E-state index in [0.717, 1.165) is 27.0 Å². The van der Waals surface area contributed by atoms with Crippen molar-refractivity contribution in [1.82, 2.24) is 9.97 Å². The lowest BCUT2D eigenvalue weighted by Crippen LogP contribution is -1.89. The van der Waals surface area contributed by atoms with Crippen molar-refractivity contribution in [1.29, 1.82) is 0 Å². The van der Waals surface area contributed by atoms with Gasteiger partial charge in [-0.25, -0.2) is 9.97 Å². The van der Waals surface area contributed by atoms with Crippen molar-refractivity contribution in [2.45, 2.75) is 24.7 Å². The first-order chi connectivity index (χ1) is 12.6. The Morgan fingerprint density at radius 2 is 1.81 bits per heavy atom. The molecule has 0 aliphatic rings. The second-order valence-electron chi connectivity index (χ2n) is 6.27. The Hall–Kier alpha value is -1.89. The van der Waals surface area contributed by atoms with Crippen LogP contribution in [-0.4, -0.2) is 16.2 Å². The van der Waals surface area contributed by atoms with Crippen molar-refractivity contribution < 1.29 is 0 Å². The second-order valence-corrected chi connectivity index (χ2v) is 9.00. The van der Waals surface area contributed by atoms with Crippen molar-refractivity contribution in [3.8, 4) is 11.3 Å². The van der Waals surface area contributed by atoms with Crippen LogP contribution in [0.4, 0.5) is 10.3 Å². The summed E-state index contributed by atoms with van der Waals surface area (Å²) in [5, 5.41) is 7.22. The highest BCUT2D eigenvalue weighted by Gasteiger charge is 2.10. The number of aromatic nitrogens is 2. The lowest BCUT2D eigenvalue weighted by Gasteiger charge is -2.05. The smallest absolute Gasteiger partial charge is 0.190 e. The maximum absolute atomic E-state index is 4.75. The van der Waals surface area contributed by atoms with Gasteiger partial charge in [-0.2, -0.15) is 0 Å². The molecule has 0 saturated carbocycles. The molecule has 0 unspecified atom stereocenters. The average Bonchev–Trinajstić information content (AvgIpc) is 3.28. The molecule has 6 heteroatoms. The molecule has 3 nitrogen and oxygen atoms in total. The predicted molar refractivity (Wildman–Crippen MR) is 116 cm³/mol. The van der Waals surface area contributed by atoms with Crippen LogP contribution in [0.25, 0.3) is 21.5 Å². The Kier molecular flexibility index (Phi) is 4.98. The molecule has 2 aromatic heterocycles.